The lowest BCUT2D eigenvalue weighted by Crippen LogP contribution is -2.53. The summed E-state index contributed by atoms with van der Waals surface area (Å²) in [6.07, 6.45) is 0.195. The first-order valence-corrected chi connectivity index (χ1v) is 16.9. The van der Waals surface area contributed by atoms with Crippen LogP contribution in [0.4, 0.5) is 10.1 Å². The maximum Gasteiger partial charge on any atom is 0.264 e. The quantitative estimate of drug-likeness (QED) is 0.164. The molecule has 4 aromatic carbocycles. The van der Waals surface area contributed by atoms with Crippen LogP contribution in [0.2, 0.25) is 5.02 Å². The molecule has 4 aromatic rings. The molecule has 0 aliphatic rings. The second kappa shape index (κ2) is 15.5. The van der Waals surface area contributed by atoms with Gasteiger partial charge in [0, 0.05) is 24.0 Å². The van der Waals surface area contributed by atoms with E-state index in [4.69, 9.17) is 11.6 Å². The van der Waals surface area contributed by atoms with Crippen LogP contribution in [0.25, 0.3) is 0 Å². The first-order chi connectivity index (χ1) is 21.5. The van der Waals surface area contributed by atoms with Gasteiger partial charge >= 0.3 is 0 Å². The normalized spacial score (nSPS) is 12.0. The Bertz CT molecular complexity index is 1710. The first kappa shape index (κ1) is 34.1. The highest BCUT2D eigenvalue weighted by Gasteiger charge is 2.34. The molecule has 0 aromatic heterocycles. The molecule has 0 unspecified atom stereocenters. The fourth-order valence-electron chi connectivity index (χ4n) is 4.65. The molecule has 0 spiro atoms. The molecule has 0 aliphatic heterocycles. The average molecular weight is 715 g/mol. The van der Waals surface area contributed by atoms with E-state index in [-0.39, 0.29) is 40.4 Å². The number of hydrogen-bond donors (Lipinski definition) is 1. The van der Waals surface area contributed by atoms with Gasteiger partial charge in [-0.1, -0.05) is 102 Å². The van der Waals surface area contributed by atoms with Crippen molar-refractivity contribution in [3.05, 3.63) is 130 Å². The second-order valence-corrected chi connectivity index (χ2v) is 14.1. The first-order valence-electron chi connectivity index (χ1n) is 14.3. The smallest absolute Gasteiger partial charge is 0.264 e. The Labute approximate surface area is 277 Å². The van der Waals surface area contributed by atoms with E-state index in [2.05, 4.69) is 21.2 Å². The number of carbonyl (C=O) groups excluding carboxylic acids is 2. The SMILES string of the molecule is CC(C)CNC(=O)[C@H](Cc1ccccc1)N(Cc1ccc(Br)cc1)C(=O)CN(c1ccc(F)c(Cl)c1)S(=O)(=O)c1ccccc1. The molecule has 4 rings (SSSR count). The number of nitrogens with zero attached hydrogens (tertiary/aromatic N) is 2. The van der Waals surface area contributed by atoms with Crippen LogP contribution in [0.5, 0.6) is 0 Å². The van der Waals surface area contributed by atoms with Crippen LogP contribution in [-0.4, -0.2) is 44.3 Å². The Morgan fingerprint density at radius 2 is 1.51 bits per heavy atom. The summed E-state index contributed by atoms with van der Waals surface area (Å²) in [4.78, 5) is 29.6. The number of sulfonamides is 1. The predicted octanol–water partition coefficient (Wildman–Crippen LogP) is 6.85. The van der Waals surface area contributed by atoms with Gasteiger partial charge in [-0.2, -0.15) is 0 Å². The monoisotopic (exact) mass is 713 g/mol. The van der Waals surface area contributed by atoms with Crippen LogP contribution in [0, 0.1) is 11.7 Å². The highest BCUT2D eigenvalue weighted by atomic mass is 79.9. The van der Waals surface area contributed by atoms with E-state index in [1.165, 1.54) is 29.2 Å². The molecular formula is C34H34BrClFN3O4S. The van der Waals surface area contributed by atoms with Gasteiger partial charge in [0.25, 0.3) is 10.0 Å². The summed E-state index contributed by atoms with van der Waals surface area (Å²) in [5.41, 5.74) is 1.57. The largest absolute Gasteiger partial charge is 0.354 e. The van der Waals surface area contributed by atoms with Gasteiger partial charge in [-0.25, -0.2) is 12.8 Å². The number of amides is 2. The number of benzene rings is 4. The Hall–Kier alpha value is -3.73. The van der Waals surface area contributed by atoms with Crippen molar-refractivity contribution in [2.45, 2.75) is 37.8 Å². The van der Waals surface area contributed by atoms with Gasteiger partial charge in [0.05, 0.1) is 15.6 Å². The van der Waals surface area contributed by atoms with Crippen molar-refractivity contribution in [1.82, 2.24) is 10.2 Å². The molecule has 0 radical (unpaired) electrons. The summed E-state index contributed by atoms with van der Waals surface area (Å²) in [6.45, 7) is 3.70. The van der Waals surface area contributed by atoms with Crippen LogP contribution < -0.4 is 9.62 Å². The Morgan fingerprint density at radius 1 is 0.889 bits per heavy atom. The molecule has 0 fully saturated rings. The number of carbonyl (C=O) groups is 2. The van der Waals surface area contributed by atoms with Gasteiger partial charge in [-0.15, -0.1) is 0 Å². The van der Waals surface area contributed by atoms with Crippen molar-refractivity contribution in [2.75, 3.05) is 17.4 Å². The van der Waals surface area contributed by atoms with E-state index < -0.39 is 34.3 Å². The molecule has 236 valence electrons. The highest BCUT2D eigenvalue weighted by molar-refractivity contribution is 9.10. The van der Waals surface area contributed by atoms with Crippen LogP contribution >= 0.6 is 27.5 Å². The van der Waals surface area contributed by atoms with Crippen molar-refractivity contribution in [2.24, 2.45) is 5.92 Å². The van der Waals surface area contributed by atoms with Gasteiger partial charge in [0.1, 0.15) is 18.4 Å². The van der Waals surface area contributed by atoms with Crippen LogP contribution in [0.1, 0.15) is 25.0 Å². The van der Waals surface area contributed by atoms with E-state index in [1.807, 2.05) is 68.4 Å². The van der Waals surface area contributed by atoms with E-state index in [9.17, 15) is 22.4 Å². The lowest BCUT2D eigenvalue weighted by molar-refractivity contribution is -0.140. The zero-order valence-corrected chi connectivity index (χ0v) is 28.0. The van der Waals surface area contributed by atoms with Crippen molar-refractivity contribution in [1.29, 1.82) is 0 Å². The summed E-state index contributed by atoms with van der Waals surface area (Å²) in [5.74, 6) is -1.55. The number of rotatable bonds is 13. The van der Waals surface area contributed by atoms with Gasteiger partial charge in [-0.05, 0) is 59.5 Å². The van der Waals surface area contributed by atoms with Gasteiger partial charge in [0.15, 0.2) is 0 Å². The molecular weight excluding hydrogens is 681 g/mol. The zero-order valence-electron chi connectivity index (χ0n) is 24.9. The molecule has 0 heterocycles. The maximum absolute atomic E-state index is 14.4. The molecule has 0 saturated heterocycles. The summed E-state index contributed by atoms with van der Waals surface area (Å²) >= 11 is 9.50. The number of halogens is 3. The summed E-state index contributed by atoms with van der Waals surface area (Å²) in [7, 11) is -4.32. The standard InChI is InChI=1S/C34H34BrClFN3O4S/c1-24(2)21-38-34(42)32(19-25-9-5-3-6-10-25)39(22-26-13-15-27(35)16-14-26)33(41)23-40(28-17-18-31(37)30(36)20-28)45(43,44)29-11-7-4-8-12-29/h3-18,20,24,32H,19,21-23H2,1-2H3,(H,38,42)/t32-/m0/s1. The summed E-state index contributed by atoms with van der Waals surface area (Å²) in [6, 6.07) is 26.8. The zero-order chi connectivity index (χ0) is 32.6. The van der Waals surface area contributed by atoms with Crippen molar-refractivity contribution in [3.63, 3.8) is 0 Å². The lowest BCUT2D eigenvalue weighted by atomic mass is 10.0. The fraction of sp³-hybridized carbons (Fsp3) is 0.235. The van der Waals surface area contributed by atoms with E-state index >= 15 is 0 Å². The third-order valence-electron chi connectivity index (χ3n) is 7.02. The van der Waals surface area contributed by atoms with Crippen molar-refractivity contribution < 1.29 is 22.4 Å². The third-order valence-corrected chi connectivity index (χ3v) is 9.63. The molecule has 0 saturated carbocycles. The fourth-order valence-corrected chi connectivity index (χ4v) is 6.52. The van der Waals surface area contributed by atoms with Crippen molar-refractivity contribution >= 4 is 55.1 Å². The minimum atomic E-state index is -4.32. The van der Waals surface area contributed by atoms with E-state index in [0.717, 1.165) is 26.0 Å². The Balaban J connectivity index is 1.80. The van der Waals surface area contributed by atoms with E-state index in [0.29, 0.717) is 6.54 Å². The van der Waals surface area contributed by atoms with Gasteiger partial charge in [0.2, 0.25) is 11.8 Å². The van der Waals surface area contributed by atoms with Gasteiger partial charge in [-0.3, -0.25) is 13.9 Å². The topological polar surface area (TPSA) is 86.8 Å². The molecule has 11 heteroatoms. The molecule has 7 nitrogen and oxygen atoms in total. The van der Waals surface area contributed by atoms with Crippen molar-refractivity contribution in [3.8, 4) is 0 Å². The minimum Gasteiger partial charge on any atom is -0.354 e. The van der Waals surface area contributed by atoms with Gasteiger partial charge < -0.3 is 10.2 Å². The maximum atomic E-state index is 14.4. The van der Waals surface area contributed by atoms with Crippen LogP contribution in [-0.2, 0) is 32.6 Å². The van der Waals surface area contributed by atoms with Crippen LogP contribution in [0.3, 0.4) is 0 Å². The number of hydrogen-bond acceptors (Lipinski definition) is 4. The molecule has 1 N–H and O–H groups in total. The number of anilines is 1. The number of nitrogens with one attached hydrogen (secondary N) is 1. The molecule has 0 bridgehead atoms. The Morgan fingerprint density at radius 3 is 2.11 bits per heavy atom. The lowest BCUT2D eigenvalue weighted by Gasteiger charge is -2.34. The molecule has 45 heavy (non-hydrogen) atoms. The molecule has 2 amide bonds. The minimum absolute atomic E-state index is 0.00561. The summed E-state index contributed by atoms with van der Waals surface area (Å²) < 4.78 is 43.9. The molecule has 0 aliphatic carbocycles. The average Bonchev–Trinajstić information content (AvgIpc) is 3.03. The highest BCUT2D eigenvalue weighted by Crippen LogP contribution is 2.28. The predicted molar refractivity (Wildman–Crippen MR) is 179 cm³/mol. The molecule has 1 atom stereocenters. The summed E-state index contributed by atoms with van der Waals surface area (Å²) in [5, 5.41) is 2.66. The third kappa shape index (κ3) is 9.15. The second-order valence-electron chi connectivity index (χ2n) is 10.9. The Kier molecular flexibility index (Phi) is 11.8. The van der Waals surface area contributed by atoms with Crippen LogP contribution in [0.15, 0.2) is 112 Å². The van der Waals surface area contributed by atoms with E-state index in [1.54, 1.807) is 18.2 Å².